The summed E-state index contributed by atoms with van der Waals surface area (Å²) in [5.41, 5.74) is 10.4. The summed E-state index contributed by atoms with van der Waals surface area (Å²) in [5, 5.41) is 12.0. The molecule has 0 bridgehead atoms. The minimum Gasteiger partial charge on any atom is -0.357 e. The minimum absolute atomic E-state index is 0.656. The average molecular weight is 541 g/mol. The van der Waals surface area contributed by atoms with Crippen molar-refractivity contribution in [2.45, 2.75) is 13.8 Å². The quantitative estimate of drug-likeness (QED) is 0.169. The highest BCUT2D eigenvalue weighted by Gasteiger charge is 2.17. The molecular formula is C33H28N6S. The van der Waals surface area contributed by atoms with Crippen molar-refractivity contribution in [3.8, 4) is 22.5 Å². The molecule has 0 aliphatic rings. The van der Waals surface area contributed by atoms with Crippen LogP contribution in [0.5, 0.6) is 0 Å². The molecule has 0 unspecified atom stereocenters. The third-order valence-electron chi connectivity index (χ3n) is 6.76. The second-order valence-corrected chi connectivity index (χ2v) is 10.9. The third kappa shape index (κ3) is 4.90. The van der Waals surface area contributed by atoms with Crippen molar-refractivity contribution in [2.24, 2.45) is 0 Å². The van der Waals surface area contributed by atoms with Crippen molar-refractivity contribution >= 4 is 39.3 Å². The van der Waals surface area contributed by atoms with Gasteiger partial charge in [-0.25, -0.2) is 4.98 Å². The van der Waals surface area contributed by atoms with Crippen molar-refractivity contribution < 1.29 is 0 Å². The van der Waals surface area contributed by atoms with E-state index in [0.29, 0.717) is 5.65 Å². The lowest BCUT2D eigenvalue weighted by Gasteiger charge is -2.11. The molecule has 5 heterocycles. The molecule has 1 aromatic carbocycles. The minimum atomic E-state index is 0.656. The topological polar surface area (TPSA) is 82.3 Å². The van der Waals surface area contributed by atoms with Crippen molar-refractivity contribution in [2.75, 3.05) is 5.32 Å². The van der Waals surface area contributed by atoms with Crippen LogP contribution in [0.3, 0.4) is 0 Å². The number of anilines is 1. The molecule has 0 fully saturated rings. The molecule has 0 amide bonds. The van der Waals surface area contributed by atoms with Crippen molar-refractivity contribution in [3.05, 3.63) is 131 Å². The van der Waals surface area contributed by atoms with Crippen LogP contribution in [-0.4, -0.2) is 25.1 Å². The zero-order valence-electron chi connectivity index (χ0n) is 22.3. The van der Waals surface area contributed by atoms with E-state index in [1.165, 1.54) is 9.75 Å². The highest BCUT2D eigenvalue weighted by molar-refractivity contribution is 7.13. The first-order valence-corrected chi connectivity index (χ1v) is 13.7. The number of H-pyrrole nitrogens is 2. The summed E-state index contributed by atoms with van der Waals surface area (Å²) < 4.78 is 0. The predicted octanol–water partition coefficient (Wildman–Crippen LogP) is 8.39. The number of allylic oxidation sites excluding steroid dienone is 2. The van der Waals surface area contributed by atoms with Gasteiger partial charge in [-0.3, -0.25) is 10.1 Å². The number of aryl methyl sites for hydroxylation is 2. The van der Waals surface area contributed by atoms with Gasteiger partial charge in [0.05, 0.1) is 23.3 Å². The van der Waals surface area contributed by atoms with E-state index < -0.39 is 0 Å². The lowest BCUT2D eigenvalue weighted by Crippen LogP contribution is -1.98. The lowest BCUT2D eigenvalue weighted by atomic mass is 10.0. The Morgan fingerprint density at radius 2 is 1.80 bits per heavy atom. The van der Waals surface area contributed by atoms with E-state index in [1.807, 2.05) is 48.8 Å². The summed E-state index contributed by atoms with van der Waals surface area (Å²) in [6, 6.07) is 20.7. The SMILES string of the molecule is C=C/C=C(/c1ccc(C)s1)c1cc(-c2[nH]nc3ncc(-c4cncc(NC(=C)c5ccccc5)c4)cc23)[nH]c1C. The lowest BCUT2D eigenvalue weighted by molar-refractivity contribution is 1.09. The highest BCUT2D eigenvalue weighted by Crippen LogP contribution is 2.36. The van der Waals surface area contributed by atoms with Crippen LogP contribution in [0.25, 0.3) is 44.8 Å². The molecule has 0 aliphatic heterocycles. The normalized spacial score (nSPS) is 11.6. The Morgan fingerprint density at radius 3 is 2.58 bits per heavy atom. The van der Waals surface area contributed by atoms with Crippen LogP contribution in [0, 0.1) is 13.8 Å². The smallest absolute Gasteiger partial charge is 0.181 e. The summed E-state index contributed by atoms with van der Waals surface area (Å²) >= 11 is 1.77. The van der Waals surface area contributed by atoms with E-state index in [0.717, 1.165) is 61.7 Å². The Hall–Kier alpha value is -5.01. The van der Waals surface area contributed by atoms with Gasteiger partial charge in [0, 0.05) is 61.2 Å². The van der Waals surface area contributed by atoms with Gasteiger partial charge < -0.3 is 10.3 Å². The van der Waals surface area contributed by atoms with Crippen LogP contribution < -0.4 is 5.32 Å². The number of aromatic nitrogens is 5. The number of pyridine rings is 2. The molecule has 0 saturated heterocycles. The Balaban J connectivity index is 1.34. The summed E-state index contributed by atoms with van der Waals surface area (Å²) in [6.45, 7) is 12.3. The maximum Gasteiger partial charge on any atom is 0.181 e. The first-order valence-electron chi connectivity index (χ1n) is 12.9. The number of rotatable bonds is 8. The molecule has 7 heteroatoms. The van der Waals surface area contributed by atoms with Crippen LogP contribution in [0.15, 0.2) is 105 Å². The first-order chi connectivity index (χ1) is 19.5. The number of nitrogens with one attached hydrogen (secondary N) is 3. The number of hydrogen-bond acceptors (Lipinski definition) is 5. The van der Waals surface area contributed by atoms with Gasteiger partial charge in [-0.05, 0) is 49.7 Å². The van der Waals surface area contributed by atoms with Gasteiger partial charge in [0.15, 0.2) is 5.65 Å². The zero-order valence-corrected chi connectivity index (χ0v) is 23.1. The molecule has 6 nitrogen and oxygen atoms in total. The van der Waals surface area contributed by atoms with Crippen LogP contribution in [-0.2, 0) is 0 Å². The van der Waals surface area contributed by atoms with Gasteiger partial charge in [0.2, 0.25) is 0 Å². The molecule has 6 aromatic rings. The second-order valence-electron chi connectivity index (χ2n) is 9.57. The Labute approximate surface area is 236 Å². The molecule has 6 rings (SSSR count). The summed E-state index contributed by atoms with van der Waals surface area (Å²) in [4.78, 5) is 15.1. The fourth-order valence-electron chi connectivity index (χ4n) is 4.79. The number of aromatic amines is 2. The van der Waals surface area contributed by atoms with Crippen LogP contribution in [0.4, 0.5) is 5.69 Å². The maximum absolute atomic E-state index is 4.64. The second kappa shape index (κ2) is 10.6. The number of hydrogen-bond donors (Lipinski definition) is 3. The zero-order chi connectivity index (χ0) is 27.6. The van der Waals surface area contributed by atoms with Crippen molar-refractivity contribution in [1.82, 2.24) is 25.1 Å². The van der Waals surface area contributed by atoms with E-state index in [-0.39, 0.29) is 0 Å². The average Bonchev–Trinajstić information content (AvgIpc) is 3.70. The fraction of sp³-hybridized carbons (Fsp3) is 0.0606. The van der Waals surface area contributed by atoms with Gasteiger partial charge in [-0.1, -0.05) is 55.6 Å². The van der Waals surface area contributed by atoms with Crippen LogP contribution >= 0.6 is 11.3 Å². The van der Waals surface area contributed by atoms with Gasteiger partial charge in [-0.15, -0.1) is 11.3 Å². The monoisotopic (exact) mass is 540 g/mol. The van der Waals surface area contributed by atoms with Crippen molar-refractivity contribution in [1.29, 1.82) is 0 Å². The Morgan fingerprint density at radius 1 is 0.975 bits per heavy atom. The maximum atomic E-state index is 4.64. The Bertz CT molecular complexity index is 1890. The molecule has 0 radical (unpaired) electrons. The molecular weight excluding hydrogens is 512 g/mol. The molecule has 5 aromatic heterocycles. The standard InChI is InChI=1S/C33H28N6S/c1-5-9-27(31-13-12-20(2)40-31)28-16-30(37-22(28)4)32-29-15-25(18-35-33(29)39-38-32)24-14-26(19-34-17-24)36-21(3)23-10-7-6-8-11-23/h5-19,36-37H,1,3H2,2,4H3,(H,35,38,39)/b27-9+. The summed E-state index contributed by atoms with van der Waals surface area (Å²) in [6.07, 6.45) is 9.36. The molecule has 0 atom stereocenters. The summed E-state index contributed by atoms with van der Waals surface area (Å²) in [7, 11) is 0. The first kappa shape index (κ1) is 25.3. The number of nitrogens with zero attached hydrogens (tertiary/aromatic N) is 3. The van der Waals surface area contributed by atoms with E-state index in [1.54, 1.807) is 17.5 Å². The number of thiophene rings is 1. The summed E-state index contributed by atoms with van der Waals surface area (Å²) in [5.74, 6) is 0. The third-order valence-corrected chi connectivity index (χ3v) is 7.80. The molecule has 0 saturated carbocycles. The molecule has 196 valence electrons. The fourth-order valence-corrected chi connectivity index (χ4v) is 5.70. The van der Waals surface area contributed by atoms with Gasteiger partial charge in [0.25, 0.3) is 0 Å². The highest BCUT2D eigenvalue weighted by atomic mass is 32.1. The van der Waals surface area contributed by atoms with E-state index in [4.69, 9.17) is 0 Å². The van der Waals surface area contributed by atoms with Gasteiger partial charge >= 0.3 is 0 Å². The number of benzene rings is 1. The van der Waals surface area contributed by atoms with Crippen LogP contribution in [0.2, 0.25) is 0 Å². The van der Waals surface area contributed by atoms with E-state index >= 15 is 0 Å². The molecule has 40 heavy (non-hydrogen) atoms. The van der Waals surface area contributed by atoms with Crippen molar-refractivity contribution in [3.63, 3.8) is 0 Å². The van der Waals surface area contributed by atoms with Gasteiger partial charge in [0.1, 0.15) is 0 Å². The predicted molar refractivity (Wildman–Crippen MR) is 167 cm³/mol. The number of fused-ring (bicyclic) bond motifs is 1. The molecule has 0 aliphatic carbocycles. The Kier molecular flexibility index (Phi) is 6.72. The van der Waals surface area contributed by atoms with E-state index in [2.05, 4.69) is 93.9 Å². The van der Waals surface area contributed by atoms with Gasteiger partial charge in [-0.2, -0.15) is 5.10 Å². The molecule has 0 spiro atoms. The largest absolute Gasteiger partial charge is 0.357 e. The molecule has 3 N–H and O–H groups in total. The van der Waals surface area contributed by atoms with E-state index in [9.17, 15) is 0 Å². The van der Waals surface area contributed by atoms with Crippen LogP contribution in [0.1, 0.15) is 26.6 Å².